The Morgan fingerprint density at radius 2 is 2.14 bits per heavy atom. The van der Waals surface area contributed by atoms with E-state index in [0.717, 1.165) is 5.56 Å². The van der Waals surface area contributed by atoms with Crippen LogP contribution in [-0.2, 0) is 0 Å². The molecule has 0 aliphatic heterocycles. The third-order valence-corrected chi connectivity index (χ3v) is 3.09. The highest BCUT2D eigenvalue weighted by atomic mass is 16.3. The summed E-state index contributed by atoms with van der Waals surface area (Å²) in [6, 6.07) is 5.56. The molecule has 2 N–H and O–H groups in total. The van der Waals surface area contributed by atoms with E-state index in [1.807, 2.05) is 25.1 Å². The van der Waals surface area contributed by atoms with E-state index in [0.29, 0.717) is 30.5 Å². The molecule has 0 heterocycles. The molecule has 0 aliphatic rings. The van der Waals surface area contributed by atoms with E-state index in [1.54, 1.807) is 18.9 Å². The standard InChI is InChI=1S/C17H23NO3/c1-13-7-8-15(6-4-5-11-19)16(12-13)17(21)18(3)10-9-14(2)20/h7-8,12,14,19-20H,5,9-11H2,1-3H3. The number of hydrogen-bond acceptors (Lipinski definition) is 3. The number of nitrogens with zero attached hydrogens (tertiary/aromatic N) is 1. The molecule has 0 fully saturated rings. The van der Waals surface area contributed by atoms with Gasteiger partial charge < -0.3 is 15.1 Å². The molecule has 4 nitrogen and oxygen atoms in total. The second-order valence-corrected chi connectivity index (χ2v) is 5.19. The summed E-state index contributed by atoms with van der Waals surface area (Å²) in [7, 11) is 1.72. The molecule has 1 atom stereocenters. The minimum Gasteiger partial charge on any atom is -0.395 e. The number of aryl methyl sites for hydroxylation is 1. The molecule has 0 saturated carbocycles. The third kappa shape index (κ3) is 5.58. The zero-order valence-electron chi connectivity index (χ0n) is 12.9. The first kappa shape index (κ1) is 17.2. The van der Waals surface area contributed by atoms with Crippen LogP contribution in [0.5, 0.6) is 0 Å². The van der Waals surface area contributed by atoms with Crippen molar-refractivity contribution >= 4 is 5.91 Å². The van der Waals surface area contributed by atoms with Crippen LogP contribution in [0.25, 0.3) is 0 Å². The van der Waals surface area contributed by atoms with Gasteiger partial charge >= 0.3 is 0 Å². The van der Waals surface area contributed by atoms with E-state index in [4.69, 9.17) is 5.11 Å². The lowest BCUT2D eigenvalue weighted by molar-refractivity contribution is 0.0768. The Hall–Kier alpha value is -1.83. The van der Waals surface area contributed by atoms with Crippen LogP contribution < -0.4 is 0 Å². The lowest BCUT2D eigenvalue weighted by Gasteiger charge is -2.19. The minimum absolute atomic E-state index is 0.0103. The van der Waals surface area contributed by atoms with Gasteiger partial charge in [-0.05, 0) is 32.4 Å². The first-order valence-corrected chi connectivity index (χ1v) is 7.09. The monoisotopic (exact) mass is 289 g/mol. The van der Waals surface area contributed by atoms with Gasteiger partial charge in [0.1, 0.15) is 0 Å². The van der Waals surface area contributed by atoms with E-state index in [-0.39, 0.29) is 12.5 Å². The molecule has 0 bridgehead atoms. The lowest BCUT2D eigenvalue weighted by Crippen LogP contribution is -2.30. The van der Waals surface area contributed by atoms with Crippen LogP contribution in [0.4, 0.5) is 0 Å². The summed E-state index contributed by atoms with van der Waals surface area (Å²) in [6.45, 7) is 4.14. The maximum Gasteiger partial charge on any atom is 0.254 e. The molecule has 4 heteroatoms. The Bertz CT molecular complexity index is 541. The molecule has 1 aromatic rings. The predicted molar refractivity (Wildman–Crippen MR) is 83.0 cm³/mol. The third-order valence-electron chi connectivity index (χ3n) is 3.09. The Labute approximate surface area is 126 Å². The fourth-order valence-electron chi connectivity index (χ4n) is 1.85. The summed E-state index contributed by atoms with van der Waals surface area (Å²) in [4.78, 5) is 14.1. The molecule has 0 saturated heterocycles. The largest absolute Gasteiger partial charge is 0.395 e. The van der Waals surface area contributed by atoms with Crippen LogP contribution in [-0.4, -0.2) is 47.3 Å². The van der Waals surface area contributed by atoms with Crippen LogP contribution in [0.3, 0.4) is 0 Å². The SMILES string of the molecule is Cc1ccc(C#CCCO)c(C(=O)N(C)CCC(C)O)c1. The zero-order chi connectivity index (χ0) is 15.8. The van der Waals surface area contributed by atoms with Gasteiger partial charge in [0.05, 0.1) is 18.3 Å². The van der Waals surface area contributed by atoms with Gasteiger partial charge in [-0.15, -0.1) is 0 Å². The van der Waals surface area contributed by atoms with Crippen molar-refractivity contribution in [2.45, 2.75) is 32.8 Å². The number of rotatable bonds is 5. The summed E-state index contributed by atoms with van der Waals surface area (Å²) in [5, 5.41) is 18.1. The number of carbonyl (C=O) groups excluding carboxylic acids is 1. The van der Waals surface area contributed by atoms with Crippen LogP contribution in [0.1, 0.15) is 41.3 Å². The molecule has 21 heavy (non-hydrogen) atoms. The molecule has 1 rings (SSSR count). The zero-order valence-corrected chi connectivity index (χ0v) is 12.9. The average Bonchev–Trinajstić information content (AvgIpc) is 2.45. The highest BCUT2D eigenvalue weighted by Crippen LogP contribution is 2.13. The summed E-state index contributed by atoms with van der Waals surface area (Å²) in [5.74, 6) is 5.68. The van der Waals surface area contributed by atoms with Crippen molar-refractivity contribution in [3.05, 3.63) is 34.9 Å². The second-order valence-electron chi connectivity index (χ2n) is 5.19. The summed E-state index contributed by atoms with van der Waals surface area (Å²) in [5.41, 5.74) is 2.23. The topological polar surface area (TPSA) is 60.8 Å². The van der Waals surface area contributed by atoms with Gasteiger partial charge in [0, 0.05) is 25.6 Å². The smallest absolute Gasteiger partial charge is 0.254 e. The lowest BCUT2D eigenvalue weighted by atomic mass is 10.0. The average molecular weight is 289 g/mol. The Kier molecular flexibility index (Phi) is 6.93. The molecule has 1 aromatic carbocycles. The Morgan fingerprint density at radius 1 is 1.43 bits per heavy atom. The minimum atomic E-state index is -0.429. The van der Waals surface area contributed by atoms with E-state index < -0.39 is 6.10 Å². The summed E-state index contributed by atoms with van der Waals surface area (Å²) < 4.78 is 0. The van der Waals surface area contributed by atoms with E-state index in [2.05, 4.69) is 11.8 Å². The van der Waals surface area contributed by atoms with E-state index in [1.165, 1.54) is 0 Å². The number of aliphatic hydroxyl groups is 2. The quantitative estimate of drug-likeness (QED) is 0.809. The van der Waals surface area contributed by atoms with Crippen LogP contribution in [0.2, 0.25) is 0 Å². The van der Waals surface area contributed by atoms with Gasteiger partial charge in [0.25, 0.3) is 5.91 Å². The maximum absolute atomic E-state index is 12.5. The van der Waals surface area contributed by atoms with Crippen molar-refractivity contribution < 1.29 is 15.0 Å². The van der Waals surface area contributed by atoms with Crippen LogP contribution in [0.15, 0.2) is 18.2 Å². The van der Waals surface area contributed by atoms with Crippen molar-refractivity contribution in [2.24, 2.45) is 0 Å². The number of amides is 1. The number of benzene rings is 1. The van der Waals surface area contributed by atoms with Gasteiger partial charge in [0.15, 0.2) is 0 Å². The van der Waals surface area contributed by atoms with Crippen LogP contribution in [0, 0.1) is 18.8 Å². The fraction of sp³-hybridized carbons (Fsp3) is 0.471. The van der Waals surface area contributed by atoms with Gasteiger partial charge in [0.2, 0.25) is 0 Å². The summed E-state index contributed by atoms with van der Waals surface area (Å²) in [6.07, 6.45) is 0.500. The van der Waals surface area contributed by atoms with Gasteiger partial charge in [-0.3, -0.25) is 4.79 Å². The highest BCUT2D eigenvalue weighted by Gasteiger charge is 2.15. The molecule has 0 spiro atoms. The van der Waals surface area contributed by atoms with Crippen molar-refractivity contribution in [1.29, 1.82) is 0 Å². The maximum atomic E-state index is 12.5. The molecule has 0 aliphatic carbocycles. The highest BCUT2D eigenvalue weighted by molar-refractivity contribution is 5.96. The van der Waals surface area contributed by atoms with E-state index in [9.17, 15) is 9.90 Å². The fourth-order valence-corrected chi connectivity index (χ4v) is 1.85. The van der Waals surface area contributed by atoms with E-state index >= 15 is 0 Å². The predicted octanol–water partition coefficient (Wildman–Crippen LogP) is 1.57. The molecule has 1 unspecified atom stereocenters. The Balaban J connectivity index is 2.96. The van der Waals surface area contributed by atoms with Crippen molar-refractivity contribution in [2.75, 3.05) is 20.2 Å². The molecule has 0 aromatic heterocycles. The normalized spacial score (nSPS) is 11.5. The summed E-state index contributed by atoms with van der Waals surface area (Å²) >= 11 is 0. The molecule has 0 radical (unpaired) electrons. The van der Waals surface area contributed by atoms with Gasteiger partial charge in [-0.2, -0.15) is 0 Å². The van der Waals surface area contributed by atoms with Gasteiger partial charge in [-0.1, -0.05) is 23.5 Å². The van der Waals surface area contributed by atoms with Crippen molar-refractivity contribution in [3.8, 4) is 11.8 Å². The molecular formula is C17H23NO3. The number of carbonyl (C=O) groups is 1. The van der Waals surface area contributed by atoms with Crippen LogP contribution >= 0.6 is 0 Å². The number of hydrogen-bond donors (Lipinski definition) is 2. The number of aliphatic hydroxyl groups excluding tert-OH is 2. The van der Waals surface area contributed by atoms with Crippen molar-refractivity contribution in [3.63, 3.8) is 0 Å². The first-order valence-electron chi connectivity index (χ1n) is 7.09. The van der Waals surface area contributed by atoms with Crippen molar-refractivity contribution in [1.82, 2.24) is 4.90 Å². The molecule has 114 valence electrons. The Morgan fingerprint density at radius 3 is 2.76 bits per heavy atom. The first-order chi connectivity index (χ1) is 9.95. The van der Waals surface area contributed by atoms with Gasteiger partial charge in [-0.25, -0.2) is 0 Å². The molecule has 1 amide bonds. The molecular weight excluding hydrogens is 266 g/mol. The second kappa shape index (κ2) is 8.46.